The highest BCUT2D eigenvalue weighted by Gasteiger charge is 2.85. The third-order valence-corrected chi connectivity index (χ3v) is 7.73. The number of alkyl halides is 3. The van der Waals surface area contributed by atoms with Gasteiger partial charge in [-0.1, -0.05) is 53.0 Å². The summed E-state index contributed by atoms with van der Waals surface area (Å²) < 4.78 is 2.81. The number of hydrogen-bond donors (Lipinski definition) is 2. The van der Waals surface area contributed by atoms with Gasteiger partial charge in [-0.2, -0.15) is 10.1 Å². The number of primary amides is 1. The van der Waals surface area contributed by atoms with Crippen LogP contribution in [0.3, 0.4) is 0 Å². The molecule has 2 saturated heterocycles. The number of urea groups is 1. The highest BCUT2D eigenvalue weighted by atomic mass is 35.6. The van der Waals surface area contributed by atoms with E-state index >= 15 is 0 Å². The lowest BCUT2D eigenvalue weighted by molar-refractivity contribution is -0.166. The summed E-state index contributed by atoms with van der Waals surface area (Å²) in [5.74, 6) is -1.78. The van der Waals surface area contributed by atoms with Crippen molar-refractivity contribution in [2.75, 3.05) is 11.6 Å². The number of rotatable bonds is 6. The number of hydrazone groups is 1. The molecule has 3 fully saturated rings. The number of hydrogen-bond acceptors (Lipinski definition) is 7. The van der Waals surface area contributed by atoms with E-state index < -0.39 is 55.9 Å². The minimum atomic E-state index is -1.77. The van der Waals surface area contributed by atoms with Crippen LogP contribution in [-0.2, 0) is 19.1 Å². The second-order valence-corrected chi connectivity index (χ2v) is 12.0. The Bertz CT molecular complexity index is 1050. The lowest BCUT2D eigenvalue weighted by atomic mass is 10.0. The Kier molecular flexibility index (Phi) is 5.97. The van der Waals surface area contributed by atoms with Gasteiger partial charge in [0, 0.05) is 6.42 Å². The Hall–Kier alpha value is -2.21. The quantitative estimate of drug-likeness (QED) is 0.188. The summed E-state index contributed by atoms with van der Waals surface area (Å²) in [6.07, 6.45) is 1.26. The molecular weight excluding hydrogens is 517 g/mol. The van der Waals surface area contributed by atoms with Gasteiger partial charge in [0.1, 0.15) is 24.2 Å². The van der Waals surface area contributed by atoms with Gasteiger partial charge in [-0.25, -0.2) is 9.59 Å². The normalized spacial score (nSPS) is 29.7. The van der Waals surface area contributed by atoms with E-state index in [1.807, 2.05) is 6.92 Å². The number of esters is 1. The number of nitrogens with one attached hydrogen (secondary N) is 1. The van der Waals surface area contributed by atoms with Gasteiger partial charge < -0.3 is 20.7 Å². The summed E-state index contributed by atoms with van der Waals surface area (Å²) in [7, 11) is 0. The van der Waals surface area contributed by atoms with E-state index in [2.05, 4.69) is 10.4 Å². The maximum absolute atomic E-state index is 12.8. The standard InChI is InChI=1S/C19H18Cl3N5O5S/c1-17-8-18(17,15(30)32-9-19(20,21)22)26-13(29)12(14(26)33-17)25-11(28)7-24-27(16(23)31)10-5-3-2-4-6-10/h2-7,12,14H,8-9H2,1H3,(H2,23,31)(H,25,28)/b24-7-/t12?,14-,17?,18?/m1/s1. The Morgan fingerprint density at radius 2 is 2.03 bits per heavy atom. The van der Waals surface area contributed by atoms with Crippen LogP contribution in [0.15, 0.2) is 35.4 Å². The van der Waals surface area contributed by atoms with Crippen molar-refractivity contribution in [3.05, 3.63) is 30.3 Å². The zero-order valence-corrected chi connectivity index (χ0v) is 20.1. The molecule has 3 unspecified atom stereocenters. The van der Waals surface area contributed by atoms with Gasteiger partial charge in [0.15, 0.2) is 5.54 Å². The highest BCUT2D eigenvalue weighted by molar-refractivity contribution is 8.02. The fourth-order valence-electron chi connectivity index (χ4n) is 4.09. The Morgan fingerprint density at radius 3 is 2.64 bits per heavy atom. The average molecular weight is 535 g/mol. The second kappa shape index (κ2) is 8.23. The number of carbonyl (C=O) groups is 4. The fourth-order valence-corrected chi connectivity index (χ4v) is 6.16. The number of thioether (sulfide) groups is 1. The van der Waals surface area contributed by atoms with Crippen molar-refractivity contribution >= 4 is 82.3 Å². The molecule has 3 N–H and O–H groups in total. The molecule has 4 amide bonds. The number of fused-ring (bicyclic) bond motifs is 3. The summed E-state index contributed by atoms with van der Waals surface area (Å²) in [5.41, 5.74) is 4.54. The molecule has 0 radical (unpaired) electrons. The minimum absolute atomic E-state index is 0.370. The molecule has 0 aromatic heterocycles. The zero-order chi connectivity index (χ0) is 24.2. The van der Waals surface area contributed by atoms with Crippen molar-refractivity contribution in [3.8, 4) is 0 Å². The van der Waals surface area contributed by atoms with E-state index in [0.717, 1.165) is 11.2 Å². The first kappa shape index (κ1) is 23.9. The molecule has 0 spiro atoms. The van der Waals surface area contributed by atoms with Crippen molar-refractivity contribution in [1.82, 2.24) is 10.2 Å². The number of carbonyl (C=O) groups excluding carboxylic acids is 4. The lowest BCUT2D eigenvalue weighted by Crippen LogP contribution is -2.72. The number of amides is 4. The Labute approximate surface area is 207 Å². The van der Waals surface area contributed by atoms with E-state index in [9.17, 15) is 19.2 Å². The molecule has 2 aliphatic heterocycles. The van der Waals surface area contributed by atoms with Gasteiger partial charge in [0.2, 0.25) is 9.70 Å². The first-order chi connectivity index (χ1) is 15.4. The summed E-state index contributed by atoms with van der Waals surface area (Å²) in [5, 5.41) is 6.77. The molecule has 176 valence electrons. The van der Waals surface area contributed by atoms with Gasteiger partial charge >= 0.3 is 12.0 Å². The summed E-state index contributed by atoms with van der Waals surface area (Å²) >= 11 is 18.3. The van der Waals surface area contributed by atoms with Crippen LogP contribution in [0, 0.1) is 0 Å². The Morgan fingerprint density at radius 1 is 1.36 bits per heavy atom. The molecule has 33 heavy (non-hydrogen) atoms. The highest BCUT2D eigenvalue weighted by Crippen LogP contribution is 2.72. The molecule has 4 atom stereocenters. The fraction of sp³-hybridized carbons (Fsp3) is 0.421. The number of para-hydroxylation sites is 1. The Balaban J connectivity index is 1.40. The summed E-state index contributed by atoms with van der Waals surface area (Å²) in [6, 6.07) is 6.55. The smallest absolute Gasteiger partial charge is 0.340 e. The van der Waals surface area contributed by atoms with Crippen molar-refractivity contribution in [1.29, 1.82) is 0 Å². The molecule has 1 aliphatic carbocycles. The molecule has 10 nitrogen and oxygen atoms in total. The molecular formula is C19H18Cl3N5O5S. The summed E-state index contributed by atoms with van der Waals surface area (Å²) in [4.78, 5) is 51.0. The SMILES string of the molecule is CC12CC1(C(=O)OCC(Cl)(Cl)Cl)N1C(=O)C(NC(=O)/C=N\N(C(N)=O)c3ccccc3)[C@H]1S2. The third kappa shape index (κ3) is 4.11. The minimum Gasteiger partial charge on any atom is -0.459 e. The number of benzene rings is 1. The molecule has 14 heteroatoms. The molecule has 1 saturated carbocycles. The monoisotopic (exact) mass is 533 g/mol. The van der Waals surface area contributed by atoms with E-state index in [-0.39, 0.29) is 0 Å². The van der Waals surface area contributed by atoms with Crippen molar-refractivity contribution in [3.63, 3.8) is 0 Å². The number of anilines is 1. The van der Waals surface area contributed by atoms with E-state index in [0.29, 0.717) is 12.1 Å². The lowest BCUT2D eigenvalue weighted by Gasteiger charge is -2.46. The van der Waals surface area contributed by atoms with Crippen molar-refractivity contribution in [2.24, 2.45) is 10.8 Å². The molecule has 1 aromatic rings. The molecule has 0 bridgehead atoms. The second-order valence-electron chi connectivity index (χ2n) is 7.89. The molecule has 2 heterocycles. The summed E-state index contributed by atoms with van der Waals surface area (Å²) in [6.45, 7) is 1.39. The van der Waals surface area contributed by atoms with Crippen LogP contribution in [0.25, 0.3) is 0 Å². The largest absolute Gasteiger partial charge is 0.459 e. The van der Waals surface area contributed by atoms with Gasteiger partial charge in [-0.05, 0) is 19.1 Å². The van der Waals surface area contributed by atoms with Crippen LogP contribution in [0.4, 0.5) is 10.5 Å². The van der Waals surface area contributed by atoms with Gasteiger partial charge in [-0.15, -0.1) is 11.8 Å². The maximum atomic E-state index is 12.8. The van der Waals surface area contributed by atoms with Gasteiger partial charge in [0.25, 0.3) is 5.91 Å². The predicted octanol–water partition coefficient (Wildman–Crippen LogP) is 1.77. The zero-order valence-electron chi connectivity index (χ0n) is 17.0. The topological polar surface area (TPSA) is 134 Å². The van der Waals surface area contributed by atoms with Crippen molar-refractivity contribution in [2.45, 2.75) is 38.8 Å². The third-order valence-electron chi connectivity index (χ3n) is 5.68. The number of β-lactam (4-membered cyclic amide) rings is 1. The number of nitrogens with zero attached hydrogens (tertiary/aromatic N) is 3. The number of ether oxygens (including phenoxy) is 1. The van der Waals surface area contributed by atoms with Crippen LogP contribution in [-0.4, -0.2) is 67.0 Å². The predicted molar refractivity (Wildman–Crippen MR) is 124 cm³/mol. The maximum Gasteiger partial charge on any atom is 0.340 e. The molecule has 3 aliphatic rings. The van der Waals surface area contributed by atoms with Gasteiger partial charge in [-0.3, -0.25) is 9.59 Å². The van der Waals surface area contributed by atoms with Crippen LogP contribution < -0.4 is 16.1 Å². The van der Waals surface area contributed by atoms with E-state index in [4.69, 9.17) is 45.3 Å². The van der Waals surface area contributed by atoms with Crippen LogP contribution in [0.1, 0.15) is 13.3 Å². The van der Waals surface area contributed by atoms with Gasteiger partial charge in [0.05, 0.1) is 10.4 Å². The van der Waals surface area contributed by atoms with Crippen LogP contribution >= 0.6 is 46.6 Å². The first-order valence-electron chi connectivity index (χ1n) is 9.64. The van der Waals surface area contributed by atoms with Crippen LogP contribution in [0.5, 0.6) is 0 Å². The number of halogens is 3. The molecule has 4 rings (SSSR count). The van der Waals surface area contributed by atoms with E-state index in [1.54, 1.807) is 30.3 Å². The average Bonchev–Trinajstić information content (AvgIpc) is 3.27. The molecule has 1 aromatic carbocycles. The van der Waals surface area contributed by atoms with E-state index in [1.165, 1.54) is 16.7 Å². The van der Waals surface area contributed by atoms with Crippen molar-refractivity contribution < 1.29 is 23.9 Å². The van der Waals surface area contributed by atoms with Crippen LogP contribution in [0.2, 0.25) is 0 Å². The first-order valence-corrected chi connectivity index (χ1v) is 11.6. The number of nitrogens with two attached hydrogens (primary N) is 1.